The van der Waals surface area contributed by atoms with Gasteiger partial charge in [0.2, 0.25) is 5.76 Å². The summed E-state index contributed by atoms with van der Waals surface area (Å²) in [7, 11) is 0. The van der Waals surface area contributed by atoms with E-state index in [0.717, 1.165) is 5.56 Å². The van der Waals surface area contributed by atoms with E-state index in [1.807, 2.05) is 37.3 Å². The minimum Gasteiger partial charge on any atom is -0.488 e. The lowest BCUT2D eigenvalue weighted by molar-refractivity contribution is 0.283. The van der Waals surface area contributed by atoms with Gasteiger partial charge in [-0.05, 0) is 36.8 Å². The highest BCUT2D eigenvalue weighted by Crippen LogP contribution is 2.37. The Labute approximate surface area is 170 Å². The highest BCUT2D eigenvalue weighted by molar-refractivity contribution is 5.86. The molecule has 0 atom stereocenters. The predicted octanol–water partition coefficient (Wildman–Crippen LogP) is 3.33. The van der Waals surface area contributed by atoms with Gasteiger partial charge in [-0.1, -0.05) is 12.1 Å². The maximum absolute atomic E-state index is 11.8. The quantitative estimate of drug-likeness (QED) is 0.529. The smallest absolute Gasteiger partial charge is 0.328 e. The third kappa shape index (κ3) is 3.95. The van der Waals surface area contributed by atoms with Crippen molar-refractivity contribution in [3.05, 3.63) is 86.9 Å². The number of aromatic amines is 1. The van der Waals surface area contributed by atoms with E-state index in [2.05, 4.69) is 4.98 Å². The van der Waals surface area contributed by atoms with Gasteiger partial charge < -0.3 is 13.9 Å². The van der Waals surface area contributed by atoms with Crippen molar-refractivity contribution >= 4 is 11.0 Å². The SMILES string of the molecule is Cc1cc(Oc2ccccc2OCCn2ccc(=O)[nH]c2=O)c2cc(C#N)oc2c1. The molecule has 0 bridgehead atoms. The number of H-pyrrole nitrogens is 1. The summed E-state index contributed by atoms with van der Waals surface area (Å²) in [6.45, 7) is 2.36. The van der Waals surface area contributed by atoms with Crippen LogP contribution in [0.15, 0.2) is 68.7 Å². The van der Waals surface area contributed by atoms with Gasteiger partial charge in [0.05, 0.1) is 11.9 Å². The molecule has 0 radical (unpaired) electrons. The maximum Gasteiger partial charge on any atom is 0.328 e. The molecule has 0 amide bonds. The number of nitrogens with one attached hydrogen (secondary N) is 1. The van der Waals surface area contributed by atoms with Gasteiger partial charge in [0.15, 0.2) is 11.5 Å². The molecule has 0 aliphatic carbocycles. The van der Waals surface area contributed by atoms with Crippen molar-refractivity contribution in [2.45, 2.75) is 13.5 Å². The van der Waals surface area contributed by atoms with Gasteiger partial charge in [0, 0.05) is 18.3 Å². The van der Waals surface area contributed by atoms with Gasteiger partial charge in [-0.15, -0.1) is 0 Å². The third-order valence-corrected chi connectivity index (χ3v) is 4.41. The topological polar surface area (TPSA) is 110 Å². The van der Waals surface area contributed by atoms with Gasteiger partial charge in [-0.2, -0.15) is 5.26 Å². The number of hydrogen-bond acceptors (Lipinski definition) is 6. The van der Waals surface area contributed by atoms with E-state index in [4.69, 9.17) is 19.2 Å². The first-order valence-corrected chi connectivity index (χ1v) is 9.17. The van der Waals surface area contributed by atoms with Crippen molar-refractivity contribution in [3.63, 3.8) is 0 Å². The first kappa shape index (κ1) is 19.1. The van der Waals surface area contributed by atoms with Crippen LogP contribution < -0.4 is 20.7 Å². The Kier molecular flexibility index (Phi) is 5.09. The molecule has 0 aliphatic heterocycles. The van der Waals surface area contributed by atoms with Gasteiger partial charge in [-0.3, -0.25) is 14.3 Å². The van der Waals surface area contributed by atoms with Gasteiger partial charge in [0.1, 0.15) is 24.0 Å². The predicted molar refractivity (Wildman–Crippen MR) is 109 cm³/mol. The molecule has 4 rings (SSSR count). The maximum atomic E-state index is 11.8. The molecule has 8 heteroatoms. The van der Waals surface area contributed by atoms with Crippen molar-refractivity contribution in [2.75, 3.05) is 6.61 Å². The number of benzene rings is 2. The summed E-state index contributed by atoms with van der Waals surface area (Å²) in [6, 6.07) is 15.8. The third-order valence-electron chi connectivity index (χ3n) is 4.41. The van der Waals surface area contributed by atoms with Crippen LogP contribution in [0.25, 0.3) is 11.0 Å². The highest BCUT2D eigenvalue weighted by Gasteiger charge is 2.13. The van der Waals surface area contributed by atoms with E-state index >= 15 is 0 Å². The highest BCUT2D eigenvalue weighted by atomic mass is 16.5. The fraction of sp³-hybridized carbons (Fsp3) is 0.136. The van der Waals surface area contributed by atoms with Crippen LogP contribution in [0.5, 0.6) is 17.2 Å². The second-order valence-corrected chi connectivity index (χ2v) is 6.60. The van der Waals surface area contributed by atoms with E-state index in [-0.39, 0.29) is 18.9 Å². The van der Waals surface area contributed by atoms with Crippen LogP contribution >= 0.6 is 0 Å². The molecule has 150 valence electrons. The number of ether oxygens (including phenoxy) is 2. The van der Waals surface area contributed by atoms with Gasteiger partial charge in [0.25, 0.3) is 5.56 Å². The van der Waals surface area contributed by atoms with Crippen LogP contribution in [0, 0.1) is 18.3 Å². The normalized spacial score (nSPS) is 10.7. The summed E-state index contributed by atoms with van der Waals surface area (Å²) in [5.41, 5.74) is 0.551. The molecule has 0 fully saturated rings. The summed E-state index contributed by atoms with van der Waals surface area (Å²) in [4.78, 5) is 25.1. The zero-order chi connectivity index (χ0) is 21.1. The number of fused-ring (bicyclic) bond motifs is 1. The standard InChI is InChI=1S/C22H17N3O5/c1-14-10-19-16(12-15(13-23)29-19)20(11-14)30-18-5-3-2-4-17(18)28-9-8-25-7-6-21(26)24-22(25)27/h2-7,10-12H,8-9H2,1H3,(H,24,26,27). The zero-order valence-corrected chi connectivity index (χ0v) is 16.0. The van der Waals surface area contributed by atoms with Crippen LogP contribution in [0.1, 0.15) is 11.3 Å². The Balaban J connectivity index is 1.56. The second kappa shape index (κ2) is 8.01. The Hall–Kier alpha value is -4.25. The molecule has 1 N–H and O–H groups in total. The van der Waals surface area contributed by atoms with E-state index in [0.29, 0.717) is 28.2 Å². The Bertz CT molecular complexity index is 1370. The number of nitriles is 1. The molecule has 2 aromatic heterocycles. The number of para-hydroxylation sites is 2. The first-order valence-electron chi connectivity index (χ1n) is 9.17. The molecular formula is C22H17N3O5. The number of aromatic nitrogens is 2. The lowest BCUT2D eigenvalue weighted by Crippen LogP contribution is -2.30. The Morgan fingerprint density at radius 1 is 1.10 bits per heavy atom. The van der Waals surface area contributed by atoms with Crippen molar-refractivity contribution < 1.29 is 13.9 Å². The van der Waals surface area contributed by atoms with E-state index < -0.39 is 11.2 Å². The lowest BCUT2D eigenvalue weighted by Gasteiger charge is -2.13. The largest absolute Gasteiger partial charge is 0.488 e. The average molecular weight is 403 g/mol. The number of hydrogen-bond donors (Lipinski definition) is 1. The van der Waals surface area contributed by atoms with E-state index in [1.165, 1.54) is 16.8 Å². The van der Waals surface area contributed by atoms with Crippen LogP contribution in [0.4, 0.5) is 0 Å². The first-order chi connectivity index (χ1) is 14.5. The molecule has 8 nitrogen and oxygen atoms in total. The Morgan fingerprint density at radius 3 is 2.67 bits per heavy atom. The molecule has 0 aliphatic rings. The van der Waals surface area contributed by atoms with Gasteiger partial charge in [-0.25, -0.2) is 4.79 Å². The monoisotopic (exact) mass is 403 g/mol. The fourth-order valence-electron chi connectivity index (χ4n) is 3.02. The van der Waals surface area contributed by atoms with Crippen molar-refractivity contribution in [1.29, 1.82) is 5.26 Å². The lowest BCUT2D eigenvalue weighted by atomic mass is 10.1. The molecule has 2 aromatic carbocycles. The summed E-state index contributed by atoms with van der Waals surface area (Å²) in [6.07, 6.45) is 1.42. The second-order valence-electron chi connectivity index (χ2n) is 6.60. The number of furan rings is 1. The average Bonchev–Trinajstić information content (AvgIpc) is 3.14. The zero-order valence-electron chi connectivity index (χ0n) is 16.0. The van der Waals surface area contributed by atoms with Crippen LogP contribution in [0.3, 0.4) is 0 Å². The minimum absolute atomic E-state index is 0.194. The number of rotatable bonds is 6. The van der Waals surface area contributed by atoms with E-state index in [9.17, 15) is 9.59 Å². The summed E-state index contributed by atoms with van der Waals surface area (Å²) >= 11 is 0. The Morgan fingerprint density at radius 2 is 1.90 bits per heavy atom. The van der Waals surface area contributed by atoms with Crippen LogP contribution in [0.2, 0.25) is 0 Å². The fourth-order valence-corrected chi connectivity index (χ4v) is 3.02. The number of nitrogens with zero attached hydrogens (tertiary/aromatic N) is 2. The summed E-state index contributed by atoms with van der Waals surface area (Å²) < 4.78 is 18.8. The molecule has 30 heavy (non-hydrogen) atoms. The molecule has 4 aromatic rings. The van der Waals surface area contributed by atoms with Crippen LogP contribution in [-0.4, -0.2) is 16.2 Å². The van der Waals surface area contributed by atoms with Crippen molar-refractivity contribution in [3.8, 4) is 23.3 Å². The van der Waals surface area contributed by atoms with Crippen molar-refractivity contribution in [2.24, 2.45) is 0 Å². The van der Waals surface area contributed by atoms with E-state index in [1.54, 1.807) is 18.2 Å². The van der Waals surface area contributed by atoms with Crippen molar-refractivity contribution in [1.82, 2.24) is 9.55 Å². The minimum atomic E-state index is -0.494. The molecule has 0 saturated carbocycles. The molecule has 0 saturated heterocycles. The van der Waals surface area contributed by atoms with Gasteiger partial charge >= 0.3 is 5.69 Å². The number of aryl methyl sites for hydroxylation is 1. The molecule has 2 heterocycles. The van der Waals surface area contributed by atoms with Crippen LogP contribution in [-0.2, 0) is 6.54 Å². The molecule has 0 unspecified atom stereocenters. The molecular weight excluding hydrogens is 386 g/mol. The molecule has 0 spiro atoms. The summed E-state index contributed by atoms with van der Waals surface area (Å²) in [5.74, 6) is 1.73. The summed E-state index contributed by atoms with van der Waals surface area (Å²) in [5, 5.41) is 9.80.